The first kappa shape index (κ1) is 12.0. The van der Waals surface area contributed by atoms with Crippen LogP contribution in [0, 0.1) is 11.8 Å². The number of nitrogen functional groups attached to an aromatic ring is 1. The van der Waals surface area contributed by atoms with Crippen LogP contribution in [0.4, 0.5) is 5.69 Å². The highest BCUT2D eigenvalue weighted by molar-refractivity contribution is 9.10. The first-order chi connectivity index (χ1) is 8.65. The number of carbonyl (C=O) groups is 1. The van der Waals surface area contributed by atoms with Gasteiger partial charge in [-0.2, -0.15) is 0 Å². The van der Waals surface area contributed by atoms with E-state index >= 15 is 0 Å². The van der Waals surface area contributed by atoms with Crippen LogP contribution in [-0.4, -0.2) is 23.9 Å². The zero-order valence-corrected chi connectivity index (χ0v) is 11.8. The predicted molar refractivity (Wildman–Crippen MR) is 75.3 cm³/mol. The molecule has 3 nitrogen and oxygen atoms in total. The van der Waals surface area contributed by atoms with Gasteiger partial charge in [-0.05, 0) is 58.8 Å². The summed E-state index contributed by atoms with van der Waals surface area (Å²) < 4.78 is 0.799. The topological polar surface area (TPSA) is 46.3 Å². The van der Waals surface area contributed by atoms with E-state index in [-0.39, 0.29) is 5.91 Å². The highest BCUT2D eigenvalue weighted by Crippen LogP contribution is 2.38. The number of rotatable bonds is 1. The van der Waals surface area contributed by atoms with Gasteiger partial charge in [0.1, 0.15) is 0 Å². The molecule has 2 atom stereocenters. The number of halogens is 1. The lowest BCUT2D eigenvalue weighted by Crippen LogP contribution is -2.29. The van der Waals surface area contributed by atoms with E-state index in [4.69, 9.17) is 5.73 Å². The Hall–Kier alpha value is -1.03. The molecule has 0 spiro atoms. The maximum Gasteiger partial charge on any atom is 0.253 e. The number of benzene rings is 1. The van der Waals surface area contributed by atoms with Crippen LogP contribution in [0.2, 0.25) is 0 Å². The van der Waals surface area contributed by atoms with E-state index in [2.05, 4.69) is 15.9 Å². The minimum Gasteiger partial charge on any atom is -0.398 e. The summed E-state index contributed by atoms with van der Waals surface area (Å²) >= 11 is 3.38. The van der Waals surface area contributed by atoms with Crippen LogP contribution in [0.25, 0.3) is 0 Å². The van der Waals surface area contributed by atoms with Crippen molar-refractivity contribution < 1.29 is 4.79 Å². The van der Waals surface area contributed by atoms with E-state index in [1.54, 1.807) is 6.07 Å². The van der Waals surface area contributed by atoms with Crippen LogP contribution in [0.5, 0.6) is 0 Å². The Morgan fingerprint density at radius 3 is 2.56 bits per heavy atom. The minimum atomic E-state index is 0.144. The van der Waals surface area contributed by atoms with Crippen molar-refractivity contribution >= 4 is 27.5 Å². The Morgan fingerprint density at radius 1 is 1.28 bits per heavy atom. The van der Waals surface area contributed by atoms with Gasteiger partial charge in [0.05, 0.1) is 0 Å². The number of carbonyl (C=O) groups excluding carboxylic acids is 1. The Morgan fingerprint density at radius 2 is 1.94 bits per heavy atom. The molecule has 1 amide bonds. The molecule has 1 aliphatic carbocycles. The lowest BCUT2D eigenvalue weighted by atomic mass is 10.0. The van der Waals surface area contributed by atoms with Crippen LogP contribution in [-0.2, 0) is 0 Å². The minimum absolute atomic E-state index is 0.144. The number of likely N-dealkylation sites (tertiary alicyclic amines) is 1. The second-order valence-corrected chi connectivity index (χ2v) is 6.25. The highest BCUT2D eigenvalue weighted by Gasteiger charge is 2.38. The fraction of sp³-hybridized carbons (Fsp3) is 0.500. The Labute approximate surface area is 115 Å². The zero-order chi connectivity index (χ0) is 12.7. The van der Waals surface area contributed by atoms with Crippen molar-refractivity contribution in [3.8, 4) is 0 Å². The largest absolute Gasteiger partial charge is 0.398 e. The summed E-state index contributed by atoms with van der Waals surface area (Å²) in [7, 11) is 0. The molecule has 96 valence electrons. The van der Waals surface area contributed by atoms with Crippen molar-refractivity contribution in [1.82, 2.24) is 4.90 Å². The normalized spacial score (nSPS) is 26.4. The standard InChI is InChI=1S/C14H17BrN2O/c15-12-6-9(4-5-13(12)16)14(18)17-7-10-2-1-3-11(10)8-17/h4-6,10-11H,1-3,7-8,16H2. The molecule has 1 aromatic rings. The molecule has 2 fully saturated rings. The molecule has 3 rings (SSSR count). The molecule has 2 unspecified atom stereocenters. The van der Waals surface area contributed by atoms with Crippen LogP contribution < -0.4 is 5.73 Å². The average Bonchev–Trinajstić information content (AvgIpc) is 2.92. The third kappa shape index (κ3) is 2.03. The monoisotopic (exact) mass is 308 g/mol. The average molecular weight is 309 g/mol. The van der Waals surface area contributed by atoms with Gasteiger partial charge in [0.25, 0.3) is 5.91 Å². The summed E-state index contributed by atoms with van der Waals surface area (Å²) in [6, 6.07) is 5.43. The van der Waals surface area contributed by atoms with Crippen LogP contribution >= 0.6 is 15.9 Å². The fourth-order valence-corrected chi connectivity index (χ4v) is 3.62. The van der Waals surface area contributed by atoms with Crippen molar-refractivity contribution in [2.45, 2.75) is 19.3 Å². The van der Waals surface area contributed by atoms with E-state index in [1.165, 1.54) is 19.3 Å². The number of fused-ring (bicyclic) bond motifs is 1. The second kappa shape index (κ2) is 4.57. The summed E-state index contributed by atoms with van der Waals surface area (Å²) in [5, 5.41) is 0. The van der Waals surface area contributed by atoms with Crippen molar-refractivity contribution in [2.24, 2.45) is 11.8 Å². The molecule has 1 aliphatic heterocycles. The molecular weight excluding hydrogens is 292 g/mol. The molecule has 1 heterocycles. The maximum absolute atomic E-state index is 12.4. The number of anilines is 1. The molecule has 18 heavy (non-hydrogen) atoms. The van der Waals surface area contributed by atoms with Gasteiger partial charge in [0.15, 0.2) is 0 Å². The highest BCUT2D eigenvalue weighted by atomic mass is 79.9. The third-order valence-corrected chi connectivity index (χ3v) is 4.95. The maximum atomic E-state index is 12.4. The van der Waals surface area contributed by atoms with Gasteiger partial charge in [-0.1, -0.05) is 6.42 Å². The molecular formula is C14H17BrN2O. The number of nitrogens with two attached hydrogens (primary N) is 1. The molecule has 2 aliphatic rings. The Balaban J connectivity index is 1.77. The number of hydrogen-bond donors (Lipinski definition) is 1. The lowest BCUT2D eigenvalue weighted by Gasteiger charge is -2.17. The van der Waals surface area contributed by atoms with E-state index in [0.29, 0.717) is 5.69 Å². The van der Waals surface area contributed by atoms with Crippen molar-refractivity contribution in [3.05, 3.63) is 28.2 Å². The van der Waals surface area contributed by atoms with Crippen molar-refractivity contribution in [2.75, 3.05) is 18.8 Å². The van der Waals surface area contributed by atoms with Crippen molar-refractivity contribution in [3.63, 3.8) is 0 Å². The van der Waals surface area contributed by atoms with Gasteiger partial charge in [0.2, 0.25) is 0 Å². The van der Waals surface area contributed by atoms with Crippen LogP contribution in [0.3, 0.4) is 0 Å². The van der Waals surface area contributed by atoms with Gasteiger partial charge < -0.3 is 10.6 Å². The first-order valence-electron chi connectivity index (χ1n) is 6.49. The molecule has 4 heteroatoms. The van der Waals surface area contributed by atoms with Crippen LogP contribution in [0.1, 0.15) is 29.6 Å². The summed E-state index contributed by atoms with van der Waals surface area (Å²) in [4.78, 5) is 14.4. The molecule has 1 saturated carbocycles. The summed E-state index contributed by atoms with van der Waals surface area (Å²) in [5.74, 6) is 1.63. The molecule has 0 aromatic heterocycles. The zero-order valence-electron chi connectivity index (χ0n) is 10.2. The summed E-state index contributed by atoms with van der Waals surface area (Å²) in [5.41, 5.74) is 7.15. The van der Waals surface area contributed by atoms with E-state index in [0.717, 1.165) is 35.0 Å². The van der Waals surface area contributed by atoms with Crippen LogP contribution in [0.15, 0.2) is 22.7 Å². The van der Waals surface area contributed by atoms with Gasteiger partial charge in [-0.25, -0.2) is 0 Å². The molecule has 1 saturated heterocycles. The SMILES string of the molecule is Nc1ccc(C(=O)N2CC3CCCC3C2)cc1Br. The fourth-order valence-electron chi connectivity index (χ4n) is 3.24. The van der Waals surface area contributed by atoms with E-state index in [9.17, 15) is 4.79 Å². The smallest absolute Gasteiger partial charge is 0.253 e. The van der Waals surface area contributed by atoms with Gasteiger partial charge in [-0.3, -0.25) is 4.79 Å². The summed E-state index contributed by atoms with van der Waals surface area (Å²) in [6.45, 7) is 1.87. The Bertz CT molecular complexity index is 477. The van der Waals surface area contributed by atoms with Gasteiger partial charge >= 0.3 is 0 Å². The third-order valence-electron chi connectivity index (χ3n) is 4.26. The quantitative estimate of drug-likeness (QED) is 0.811. The van der Waals surface area contributed by atoms with E-state index in [1.807, 2.05) is 17.0 Å². The molecule has 2 N–H and O–H groups in total. The van der Waals surface area contributed by atoms with Gasteiger partial charge in [-0.15, -0.1) is 0 Å². The lowest BCUT2D eigenvalue weighted by molar-refractivity contribution is 0.0780. The predicted octanol–water partition coefficient (Wildman–Crippen LogP) is 2.90. The Kier molecular flexibility index (Phi) is 3.06. The number of hydrogen-bond acceptors (Lipinski definition) is 2. The second-order valence-electron chi connectivity index (χ2n) is 5.40. The number of nitrogens with zero attached hydrogens (tertiary/aromatic N) is 1. The van der Waals surface area contributed by atoms with Gasteiger partial charge in [0, 0.05) is 28.8 Å². The number of amides is 1. The molecule has 1 aromatic carbocycles. The molecule has 0 radical (unpaired) electrons. The van der Waals surface area contributed by atoms with E-state index < -0.39 is 0 Å². The first-order valence-corrected chi connectivity index (χ1v) is 7.29. The summed E-state index contributed by atoms with van der Waals surface area (Å²) in [6.07, 6.45) is 3.92. The molecule has 0 bridgehead atoms. The van der Waals surface area contributed by atoms with Crippen molar-refractivity contribution in [1.29, 1.82) is 0 Å².